The number of benzene rings is 3. The molecule has 0 fully saturated rings. The van der Waals surface area contributed by atoms with E-state index >= 15 is 0 Å². The molecule has 27 heavy (non-hydrogen) atoms. The van der Waals surface area contributed by atoms with Gasteiger partial charge in [0.1, 0.15) is 5.84 Å². The van der Waals surface area contributed by atoms with Gasteiger partial charge in [0, 0.05) is 15.7 Å². The highest BCUT2D eigenvalue weighted by Gasteiger charge is 2.25. The molecule has 0 aliphatic carbocycles. The van der Waals surface area contributed by atoms with Crippen LogP contribution in [0.25, 0.3) is 11.6 Å². The Labute approximate surface area is 179 Å². The fraction of sp³-hybridized carbons (Fsp3) is 0.0870. The summed E-state index contributed by atoms with van der Waals surface area (Å²) in [5.74, 6) is 0.537. The third kappa shape index (κ3) is 4.07. The average molecular weight is 483 g/mol. The zero-order valence-corrected chi connectivity index (χ0v) is 18.1. The second-order valence-electron chi connectivity index (χ2n) is 6.54. The summed E-state index contributed by atoms with van der Waals surface area (Å²) < 4.78 is 1.06. The molecule has 0 spiro atoms. The molecule has 0 bridgehead atoms. The Morgan fingerprint density at radius 1 is 0.926 bits per heavy atom. The van der Waals surface area contributed by atoms with Crippen LogP contribution in [0.15, 0.2) is 77.3 Å². The van der Waals surface area contributed by atoms with Gasteiger partial charge in [0.15, 0.2) is 0 Å². The predicted octanol–water partition coefficient (Wildman–Crippen LogP) is 3.30. The smallest absolute Gasteiger partial charge is 0.133 e. The molecular weight excluding hydrogens is 464 g/mol. The van der Waals surface area contributed by atoms with Gasteiger partial charge in [-0.3, -0.25) is 5.41 Å². The topological polar surface area (TPSA) is 27.1 Å². The van der Waals surface area contributed by atoms with Crippen LogP contribution in [0.4, 0.5) is 5.69 Å². The Bertz CT molecular complexity index is 990. The molecular formula is C23H19Br2N2-. The highest BCUT2D eigenvalue weighted by molar-refractivity contribution is 9.10. The molecule has 3 aromatic rings. The van der Waals surface area contributed by atoms with Crippen molar-refractivity contribution in [1.29, 1.82) is 5.41 Å². The minimum Gasteiger partial charge on any atom is -1.00 e. The number of aryl methyl sites for hydroxylation is 1. The number of rotatable bonds is 2. The molecule has 0 unspecified atom stereocenters. The molecule has 4 heteroatoms. The van der Waals surface area contributed by atoms with Crippen molar-refractivity contribution in [2.45, 2.75) is 13.5 Å². The summed E-state index contributed by atoms with van der Waals surface area (Å²) in [5, 5.41) is 8.87. The van der Waals surface area contributed by atoms with E-state index in [0.29, 0.717) is 5.84 Å². The van der Waals surface area contributed by atoms with Crippen molar-refractivity contribution in [3.63, 3.8) is 0 Å². The molecule has 0 saturated heterocycles. The van der Waals surface area contributed by atoms with Gasteiger partial charge in [-0.05, 0) is 54.0 Å². The second kappa shape index (κ2) is 8.24. The second-order valence-corrected chi connectivity index (χ2v) is 7.45. The van der Waals surface area contributed by atoms with Crippen LogP contribution in [0.5, 0.6) is 0 Å². The van der Waals surface area contributed by atoms with Crippen LogP contribution in [-0.4, -0.2) is 5.84 Å². The Kier molecular flexibility index (Phi) is 5.98. The van der Waals surface area contributed by atoms with Crippen LogP contribution in [-0.2, 0) is 6.54 Å². The predicted molar refractivity (Wildman–Crippen MR) is 114 cm³/mol. The number of nitrogens with one attached hydrogen (secondary N) is 1. The first-order chi connectivity index (χ1) is 12.6. The summed E-state index contributed by atoms with van der Waals surface area (Å²) in [6.45, 7) is 2.80. The van der Waals surface area contributed by atoms with Crippen LogP contribution in [0.1, 0.15) is 22.3 Å². The lowest BCUT2D eigenvalue weighted by Crippen LogP contribution is -3.00. The summed E-state index contributed by atoms with van der Waals surface area (Å²) in [6.07, 6.45) is 2.11. The lowest BCUT2D eigenvalue weighted by Gasteiger charge is -2.33. The molecule has 0 aromatic heterocycles. The Balaban J connectivity index is 0.00000210. The first-order valence-electron chi connectivity index (χ1n) is 8.60. The molecule has 0 amide bonds. The molecule has 1 aliphatic heterocycles. The standard InChI is InChI=1S/C23H19BrN2.BrH/c1-16-6-12-20(13-7-16)26-15-18-4-2-3-5-21(18)22(23(26)25)14-17-8-10-19(24)11-9-17;/h2-14,25H,15H2,1H3;1H/p-1/b22-14+,25-23?;. The summed E-state index contributed by atoms with van der Waals surface area (Å²) in [7, 11) is 0. The van der Waals surface area contributed by atoms with E-state index in [1.54, 1.807) is 0 Å². The Hall–Kier alpha value is -2.17. The van der Waals surface area contributed by atoms with E-state index in [9.17, 15) is 0 Å². The molecule has 2 nitrogen and oxygen atoms in total. The zero-order valence-electron chi connectivity index (χ0n) is 14.9. The number of anilines is 1. The van der Waals surface area contributed by atoms with E-state index in [0.717, 1.165) is 33.4 Å². The van der Waals surface area contributed by atoms with E-state index in [1.165, 1.54) is 11.1 Å². The molecule has 0 atom stereocenters. The Morgan fingerprint density at radius 2 is 1.59 bits per heavy atom. The molecule has 1 heterocycles. The maximum atomic E-state index is 8.87. The Morgan fingerprint density at radius 3 is 2.30 bits per heavy atom. The molecule has 4 rings (SSSR count). The van der Waals surface area contributed by atoms with Crippen molar-refractivity contribution in [1.82, 2.24) is 0 Å². The molecule has 0 radical (unpaired) electrons. The minimum absolute atomic E-state index is 0. The number of nitrogens with zero attached hydrogens (tertiary/aromatic N) is 1. The van der Waals surface area contributed by atoms with Gasteiger partial charge in [-0.15, -0.1) is 0 Å². The van der Waals surface area contributed by atoms with Gasteiger partial charge >= 0.3 is 0 Å². The lowest BCUT2D eigenvalue weighted by atomic mass is 9.92. The van der Waals surface area contributed by atoms with Crippen molar-refractivity contribution in [2.24, 2.45) is 0 Å². The van der Waals surface area contributed by atoms with Crippen molar-refractivity contribution in [3.8, 4) is 0 Å². The quantitative estimate of drug-likeness (QED) is 0.596. The summed E-state index contributed by atoms with van der Waals surface area (Å²) in [5.41, 5.74) is 6.71. The van der Waals surface area contributed by atoms with Gasteiger partial charge in [-0.25, -0.2) is 0 Å². The van der Waals surface area contributed by atoms with E-state index in [4.69, 9.17) is 5.41 Å². The van der Waals surface area contributed by atoms with E-state index in [2.05, 4.69) is 88.4 Å². The van der Waals surface area contributed by atoms with E-state index in [1.807, 2.05) is 18.2 Å². The van der Waals surface area contributed by atoms with Crippen molar-refractivity contribution in [2.75, 3.05) is 4.90 Å². The monoisotopic (exact) mass is 481 g/mol. The summed E-state index contributed by atoms with van der Waals surface area (Å²) in [4.78, 5) is 2.08. The molecule has 1 aliphatic rings. The first-order valence-corrected chi connectivity index (χ1v) is 9.40. The average Bonchev–Trinajstić information content (AvgIpc) is 2.66. The third-order valence-corrected chi connectivity index (χ3v) is 5.22. The first kappa shape index (κ1) is 19.6. The van der Waals surface area contributed by atoms with Crippen LogP contribution in [0, 0.1) is 12.3 Å². The van der Waals surface area contributed by atoms with Gasteiger partial charge in [0.25, 0.3) is 0 Å². The van der Waals surface area contributed by atoms with Crippen LogP contribution in [0.2, 0.25) is 0 Å². The number of fused-ring (bicyclic) bond motifs is 1. The SMILES string of the molecule is Cc1ccc(N2Cc3ccccc3/C(=C\c3ccc(Br)cc3)C2=N)cc1.[Br-]. The van der Waals surface area contributed by atoms with Crippen LogP contribution < -0.4 is 21.9 Å². The lowest BCUT2D eigenvalue weighted by molar-refractivity contribution is -0.00000518. The largest absolute Gasteiger partial charge is 1.00 e. The molecule has 3 aromatic carbocycles. The van der Waals surface area contributed by atoms with Crippen molar-refractivity contribution in [3.05, 3.63) is 99.5 Å². The fourth-order valence-corrected chi connectivity index (χ4v) is 3.52. The van der Waals surface area contributed by atoms with Gasteiger partial charge in [0.2, 0.25) is 0 Å². The number of hydrogen-bond donors (Lipinski definition) is 1. The van der Waals surface area contributed by atoms with Gasteiger partial charge in [-0.1, -0.05) is 70.0 Å². The summed E-state index contributed by atoms with van der Waals surface area (Å²) in [6, 6.07) is 25.0. The van der Waals surface area contributed by atoms with E-state index < -0.39 is 0 Å². The highest BCUT2D eigenvalue weighted by atomic mass is 79.9. The fourth-order valence-electron chi connectivity index (χ4n) is 3.26. The highest BCUT2D eigenvalue weighted by Crippen LogP contribution is 2.33. The van der Waals surface area contributed by atoms with Gasteiger partial charge in [-0.2, -0.15) is 0 Å². The van der Waals surface area contributed by atoms with Crippen LogP contribution in [0.3, 0.4) is 0 Å². The van der Waals surface area contributed by atoms with E-state index in [-0.39, 0.29) is 17.0 Å². The van der Waals surface area contributed by atoms with Crippen molar-refractivity contribution >= 4 is 39.1 Å². The summed E-state index contributed by atoms with van der Waals surface area (Å²) >= 11 is 3.48. The van der Waals surface area contributed by atoms with Crippen molar-refractivity contribution < 1.29 is 17.0 Å². The molecule has 1 N–H and O–H groups in total. The van der Waals surface area contributed by atoms with Gasteiger partial charge in [0.05, 0.1) is 6.54 Å². The molecule has 0 saturated carbocycles. The van der Waals surface area contributed by atoms with Gasteiger partial charge < -0.3 is 21.9 Å². The minimum atomic E-state index is 0. The van der Waals surface area contributed by atoms with Crippen LogP contribution >= 0.6 is 15.9 Å². The number of hydrogen-bond acceptors (Lipinski definition) is 1. The number of halogens is 2. The zero-order chi connectivity index (χ0) is 18.1. The molecule has 136 valence electrons. The normalized spacial score (nSPS) is 14.7. The number of amidine groups is 1. The maximum Gasteiger partial charge on any atom is 0.133 e. The maximum absolute atomic E-state index is 8.87. The third-order valence-electron chi connectivity index (χ3n) is 4.69.